The molecule has 16 rings (SSSR count). The molecule has 0 unspecified atom stereocenters. The molecular weight excluding hydrogens is 1380 g/mol. The molecule has 0 saturated heterocycles. The number of aromatic nitrogens is 4. The number of aryl methyl sites for hydroxylation is 12. The van der Waals surface area contributed by atoms with E-state index in [4.69, 9.17) is 49.4 Å². The van der Waals surface area contributed by atoms with Crippen LogP contribution in [0.1, 0.15) is 174 Å². The maximum Gasteiger partial charge on any atom is 0.216 e. The molecule has 0 fully saturated rings. The Labute approximate surface area is 664 Å². The summed E-state index contributed by atoms with van der Waals surface area (Å²) in [5, 5.41) is 8.40. The van der Waals surface area contributed by atoms with Crippen LogP contribution in [0, 0.1) is 109 Å². The molecular formula is C100H100N8O4+4. The van der Waals surface area contributed by atoms with Crippen LogP contribution in [0.25, 0.3) is 152 Å². The summed E-state index contributed by atoms with van der Waals surface area (Å²) < 4.78 is 68.1. The third-order valence-electron chi connectivity index (χ3n) is 22.7. The highest BCUT2D eigenvalue weighted by Crippen LogP contribution is 2.46. The first-order chi connectivity index (χ1) is 54.5. The third kappa shape index (κ3) is 13.8. The molecule has 8 aromatic carbocycles. The molecule has 12 heteroatoms. The Morgan fingerprint density at radius 1 is 0.286 bits per heavy atom. The SMILES string of the molecule is [2H]C(C)(C)c1cc(C)[n+](C)c(-c2c(C)cc(C)c3c2oc2cc([N+]#[C-])ccc23)c1.[2H]C(C)(C)c1cc(C)[n+](C)c(-c2c(C)ccc3c2oc2c(C)c([N+]#[C-])ccc23)c1.[2H]C(C)(C)c1cc(C)[n+](C)c(-c2c(C)ccc3c2oc2cc([N+]#[C-])c(C)cc23)c1.[2H]C(C)(C)c1cc(C)[n+](C)c(-c2c(C)ccc3c2oc2cc([N+]#[C-])cc(C)c23)c1. The van der Waals surface area contributed by atoms with Gasteiger partial charge in [-0.15, -0.1) is 0 Å². The molecule has 0 aliphatic rings. The Bertz CT molecular complexity index is 6900. The molecule has 0 atom stereocenters. The van der Waals surface area contributed by atoms with E-state index in [9.17, 15) is 0 Å². The van der Waals surface area contributed by atoms with Crippen LogP contribution < -0.4 is 18.3 Å². The van der Waals surface area contributed by atoms with Crippen molar-refractivity contribution < 1.29 is 41.4 Å². The van der Waals surface area contributed by atoms with Gasteiger partial charge < -0.3 is 17.7 Å². The third-order valence-corrected chi connectivity index (χ3v) is 22.7. The van der Waals surface area contributed by atoms with Crippen molar-refractivity contribution in [3.8, 4) is 45.0 Å². The average Bonchev–Trinajstić information content (AvgIpc) is 1.57. The minimum atomic E-state index is -0.691. The summed E-state index contributed by atoms with van der Waals surface area (Å²) in [6.45, 7) is 69.4. The Kier molecular flexibility index (Phi) is 19.7. The first-order valence-electron chi connectivity index (χ1n) is 39.9. The van der Waals surface area contributed by atoms with E-state index in [-0.39, 0.29) is 0 Å². The van der Waals surface area contributed by atoms with Gasteiger partial charge >= 0.3 is 0 Å². The van der Waals surface area contributed by atoms with E-state index in [0.717, 1.165) is 222 Å². The zero-order chi connectivity index (χ0) is 84.3. The van der Waals surface area contributed by atoms with Gasteiger partial charge in [-0.2, -0.15) is 18.3 Å². The van der Waals surface area contributed by atoms with Crippen molar-refractivity contribution in [2.45, 2.75) is 162 Å². The van der Waals surface area contributed by atoms with Gasteiger partial charge in [-0.3, -0.25) is 0 Å². The van der Waals surface area contributed by atoms with Gasteiger partial charge in [0.15, 0.2) is 45.5 Å². The number of pyridine rings is 4. The van der Waals surface area contributed by atoms with Gasteiger partial charge in [0, 0.05) is 125 Å². The molecule has 8 heterocycles. The van der Waals surface area contributed by atoms with Gasteiger partial charge in [0.2, 0.25) is 22.8 Å². The van der Waals surface area contributed by atoms with Gasteiger partial charge in [-0.05, 0) is 164 Å². The predicted molar refractivity (Wildman–Crippen MR) is 460 cm³/mol. The summed E-state index contributed by atoms with van der Waals surface area (Å²) in [5.74, 6) is -2.76. The smallest absolute Gasteiger partial charge is 0.216 e. The van der Waals surface area contributed by atoms with E-state index >= 15 is 0 Å². The monoisotopic (exact) mass is 1480 g/mol. The van der Waals surface area contributed by atoms with E-state index in [1.54, 1.807) is 0 Å². The van der Waals surface area contributed by atoms with E-state index < -0.39 is 23.6 Å². The predicted octanol–water partition coefficient (Wildman–Crippen LogP) is 26.7. The summed E-state index contributed by atoms with van der Waals surface area (Å²) in [4.78, 5) is 14.4. The highest BCUT2D eigenvalue weighted by molar-refractivity contribution is 6.15. The molecule has 0 radical (unpaired) electrons. The van der Waals surface area contributed by atoms with Gasteiger partial charge in [0.05, 0.1) is 48.5 Å². The fourth-order valence-electron chi connectivity index (χ4n) is 15.7. The zero-order valence-electron chi connectivity index (χ0n) is 73.1. The highest BCUT2D eigenvalue weighted by Gasteiger charge is 2.30. The second-order valence-electron chi connectivity index (χ2n) is 31.2. The van der Waals surface area contributed by atoms with Gasteiger partial charge in [0.1, 0.15) is 72.9 Å². The largest absolute Gasteiger partial charge is 0.456 e. The van der Waals surface area contributed by atoms with Crippen molar-refractivity contribution in [3.05, 3.63) is 281 Å². The molecule has 16 aromatic rings. The Balaban J connectivity index is 0.000000135. The molecule has 112 heavy (non-hydrogen) atoms. The number of rotatable bonds is 8. The van der Waals surface area contributed by atoms with Crippen molar-refractivity contribution in [1.29, 1.82) is 0 Å². The van der Waals surface area contributed by atoms with Gasteiger partial charge in [-0.25, -0.2) is 19.4 Å². The quantitative estimate of drug-likeness (QED) is 0.112. The van der Waals surface area contributed by atoms with Crippen LogP contribution >= 0.6 is 0 Å². The second kappa shape index (κ2) is 30.4. The number of nitrogens with zero attached hydrogens (tertiary/aromatic N) is 8. The molecule has 8 aromatic heterocycles. The topological polar surface area (TPSA) is 85.5 Å². The zero-order valence-corrected chi connectivity index (χ0v) is 69.1. The standard InChI is InChI=1S/4C25H25N2O/c1-14(2)18-11-17(5)27(7)21(12-18)24-16(4)10-15(3)23-20-9-8-19(26-6)13-22(20)28-25(23)24;1-14(2)18-11-17(5)27(7)21(12-18)24-15(3)8-9-20-23-16(4)10-19(26-6)13-22(23)28-25(20)24;1-14(2)18-11-17(5)27(7)22(12-18)24-15(3)8-9-19-20-10-16(4)21(26-6)13-23(20)28-25(19)24;1-14(2)18-12-16(4)27(7)22(13-18)23-15(3)8-9-20-19-10-11-21(26-6)17(5)24(19)28-25(20)23/h4*8-14H,1-5,7H3/q4*+1/i4*14D. The van der Waals surface area contributed by atoms with E-state index in [1.165, 1.54) is 0 Å². The van der Waals surface area contributed by atoms with Gasteiger partial charge in [-0.1, -0.05) is 134 Å². The first kappa shape index (κ1) is 72.4. The summed E-state index contributed by atoms with van der Waals surface area (Å²) in [7, 11) is 8.20. The van der Waals surface area contributed by atoms with Crippen molar-refractivity contribution in [3.63, 3.8) is 0 Å². The Morgan fingerprint density at radius 3 is 1.11 bits per heavy atom. The van der Waals surface area contributed by atoms with E-state index in [0.29, 0.717) is 22.7 Å². The average molecular weight is 1480 g/mol. The second-order valence-corrected chi connectivity index (χ2v) is 31.2. The lowest BCUT2D eigenvalue weighted by molar-refractivity contribution is -0.666. The van der Waals surface area contributed by atoms with Crippen molar-refractivity contribution >= 4 is 111 Å². The lowest BCUT2D eigenvalue weighted by Gasteiger charge is -2.12. The number of furan rings is 4. The molecule has 0 bridgehead atoms. The molecule has 0 aliphatic heterocycles. The molecule has 0 spiro atoms. The number of fused-ring (bicyclic) bond motifs is 12. The number of hydrogen-bond donors (Lipinski definition) is 0. The van der Waals surface area contributed by atoms with Crippen LogP contribution in [-0.4, -0.2) is 0 Å². The lowest BCUT2D eigenvalue weighted by Crippen LogP contribution is -2.35. The molecule has 12 nitrogen and oxygen atoms in total. The maximum absolute atomic E-state index is 8.52. The van der Waals surface area contributed by atoms with E-state index in [2.05, 4.69) is 212 Å². The molecule has 0 aliphatic carbocycles. The van der Waals surface area contributed by atoms with Crippen molar-refractivity contribution in [1.82, 2.24) is 0 Å². The van der Waals surface area contributed by atoms with Gasteiger partial charge in [0.25, 0.3) is 0 Å². The lowest BCUT2D eigenvalue weighted by atomic mass is 9.94. The summed E-state index contributed by atoms with van der Waals surface area (Å²) in [6, 6.07) is 48.7. The van der Waals surface area contributed by atoms with Crippen LogP contribution in [0.4, 0.5) is 22.7 Å². The van der Waals surface area contributed by atoms with Crippen LogP contribution in [0.15, 0.2) is 163 Å². The molecule has 0 saturated carbocycles. The van der Waals surface area contributed by atoms with Crippen LogP contribution in [0.5, 0.6) is 0 Å². The Hall–Kier alpha value is -12.5. The minimum absolute atomic E-state index is 0.576. The summed E-state index contributed by atoms with van der Waals surface area (Å²) >= 11 is 0. The molecule has 0 amide bonds. The maximum atomic E-state index is 8.52. The summed E-state index contributed by atoms with van der Waals surface area (Å²) in [5.41, 5.74) is 33.8. The highest BCUT2D eigenvalue weighted by atomic mass is 16.3. The van der Waals surface area contributed by atoms with Crippen molar-refractivity contribution in [2.75, 3.05) is 0 Å². The van der Waals surface area contributed by atoms with E-state index in [1.807, 2.05) is 138 Å². The normalized spacial score (nSPS) is 12.4. The fraction of sp³-hybridized carbons (Fsp3) is 0.280. The molecule has 560 valence electrons. The molecule has 0 N–H and O–H groups in total. The van der Waals surface area contributed by atoms with Crippen LogP contribution in [-0.2, 0) is 28.2 Å². The Morgan fingerprint density at radius 2 is 0.652 bits per heavy atom. The van der Waals surface area contributed by atoms with Crippen molar-refractivity contribution in [2.24, 2.45) is 28.2 Å². The first-order valence-corrected chi connectivity index (χ1v) is 37.9. The van der Waals surface area contributed by atoms with Crippen LogP contribution in [0.3, 0.4) is 0 Å². The summed E-state index contributed by atoms with van der Waals surface area (Å²) in [6.07, 6.45) is 0. The number of benzene rings is 8. The van der Waals surface area contributed by atoms with Crippen LogP contribution in [0.2, 0.25) is 0 Å². The fourth-order valence-corrected chi connectivity index (χ4v) is 15.7. The number of hydrogen-bond acceptors (Lipinski definition) is 4. The minimum Gasteiger partial charge on any atom is -0.456 e.